The smallest absolute Gasteiger partial charge is 0.0317 e. The van der Waals surface area contributed by atoms with Crippen molar-refractivity contribution in [3.8, 4) is 0 Å². The van der Waals surface area contributed by atoms with Gasteiger partial charge in [-0.3, -0.25) is 0 Å². The first-order chi connectivity index (χ1) is 5.77. The first-order valence-electron chi connectivity index (χ1n) is 4.26. The Bertz CT molecular complexity index is 271. The molecule has 1 fully saturated rings. The van der Waals surface area contributed by atoms with E-state index in [2.05, 4.69) is 27.4 Å². The highest BCUT2D eigenvalue weighted by atomic mass is 79.9. The Labute approximate surface area is 85.1 Å². The number of halogens is 1. The van der Waals surface area contributed by atoms with Gasteiger partial charge >= 0.3 is 0 Å². The minimum atomic E-state index is 0.434. The molecule has 0 aliphatic heterocycles. The zero-order chi connectivity index (χ0) is 8.55. The fourth-order valence-electron chi connectivity index (χ4n) is 1.85. The van der Waals surface area contributed by atoms with Gasteiger partial charge in [0.05, 0.1) is 0 Å². The molecule has 0 bridgehead atoms. The van der Waals surface area contributed by atoms with E-state index < -0.39 is 0 Å². The first-order valence-corrected chi connectivity index (χ1v) is 5.93. The number of thiophene rings is 1. The summed E-state index contributed by atoms with van der Waals surface area (Å²) in [5, 5.41) is 2.14. The van der Waals surface area contributed by atoms with Crippen LogP contribution in [0.15, 0.2) is 15.9 Å². The highest BCUT2D eigenvalue weighted by Crippen LogP contribution is 2.40. The van der Waals surface area contributed by atoms with Crippen molar-refractivity contribution in [2.45, 2.75) is 31.2 Å². The molecule has 1 aliphatic carbocycles. The molecule has 2 N–H and O–H groups in total. The molecular formula is C9H12BrNS. The van der Waals surface area contributed by atoms with E-state index in [0.717, 1.165) is 5.92 Å². The van der Waals surface area contributed by atoms with Crippen LogP contribution >= 0.6 is 27.3 Å². The SMILES string of the molecule is NC1CCC(c2sccc2Br)C1. The topological polar surface area (TPSA) is 26.0 Å². The van der Waals surface area contributed by atoms with Crippen molar-refractivity contribution in [3.05, 3.63) is 20.8 Å². The predicted octanol–water partition coefficient (Wildman–Crippen LogP) is 3.11. The highest BCUT2D eigenvalue weighted by Gasteiger charge is 2.25. The van der Waals surface area contributed by atoms with E-state index in [1.54, 1.807) is 0 Å². The predicted molar refractivity (Wildman–Crippen MR) is 56.6 cm³/mol. The molecule has 0 saturated heterocycles. The molecule has 0 aromatic carbocycles. The van der Waals surface area contributed by atoms with Crippen LogP contribution in [0.4, 0.5) is 0 Å². The minimum Gasteiger partial charge on any atom is -0.328 e. The standard InChI is InChI=1S/C9H12BrNS/c10-8-3-4-12-9(8)6-1-2-7(11)5-6/h3-4,6-7H,1-2,5,11H2. The van der Waals surface area contributed by atoms with Gasteiger partial charge in [0.25, 0.3) is 0 Å². The summed E-state index contributed by atoms with van der Waals surface area (Å²) in [5.41, 5.74) is 5.87. The van der Waals surface area contributed by atoms with Gasteiger partial charge in [-0.25, -0.2) is 0 Å². The number of hydrogen-bond donors (Lipinski definition) is 1. The van der Waals surface area contributed by atoms with Crippen LogP contribution in [0.25, 0.3) is 0 Å². The van der Waals surface area contributed by atoms with Gasteiger partial charge in [-0.2, -0.15) is 0 Å². The Morgan fingerprint density at radius 1 is 1.50 bits per heavy atom. The van der Waals surface area contributed by atoms with Gasteiger partial charge in [0.2, 0.25) is 0 Å². The summed E-state index contributed by atoms with van der Waals surface area (Å²) in [6.45, 7) is 0. The summed E-state index contributed by atoms with van der Waals surface area (Å²) in [7, 11) is 0. The molecule has 0 amide bonds. The minimum absolute atomic E-state index is 0.434. The average molecular weight is 246 g/mol. The molecule has 1 heterocycles. The zero-order valence-corrected chi connectivity index (χ0v) is 9.20. The molecule has 2 rings (SSSR count). The third-order valence-corrected chi connectivity index (χ3v) is 4.52. The third-order valence-electron chi connectivity index (χ3n) is 2.49. The van der Waals surface area contributed by atoms with Crippen LogP contribution in [0.5, 0.6) is 0 Å². The summed E-state index contributed by atoms with van der Waals surface area (Å²) in [4.78, 5) is 1.49. The Morgan fingerprint density at radius 2 is 2.33 bits per heavy atom. The molecule has 2 atom stereocenters. The highest BCUT2D eigenvalue weighted by molar-refractivity contribution is 9.10. The summed E-state index contributed by atoms with van der Waals surface area (Å²) in [5.74, 6) is 0.717. The molecule has 0 spiro atoms. The molecule has 1 aliphatic rings. The molecule has 1 aromatic heterocycles. The average Bonchev–Trinajstić information content (AvgIpc) is 2.58. The summed E-state index contributed by atoms with van der Waals surface area (Å²) < 4.78 is 1.27. The van der Waals surface area contributed by atoms with Gasteiger partial charge in [0.15, 0.2) is 0 Å². The van der Waals surface area contributed by atoms with E-state index in [0.29, 0.717) is 6.04 Å². The van der Waals surface area contributed by atoms with Crippen LogP contribution in [0.2, 0.25) is 0 Å². The lowest BCUT2D eigenvalue weighted by Crippen LogP contribution is -2.14. The Balaban J connectivity index is 2.16. The van der Waals surface area contributed by atoms with E-state index in [1.165, 1.54) is 28.6 Å². The largest absolute Gasteiger partial charge is 0.328 e. The lowest BCUT2D eigenvalue weighted by Gasteiger charge is -2.06. The number of rotatable bonds is 1. The van der Waals surface area contributed by atoms with E-state index in [9.17, 15) is 0 Å². The molecule has 0 radical (unpaired) electrons. The molecule has 1 nitrogen and oxygen atoms in total. The maximum Gasteiger partial charge on any atom is 0.0317 e. The lowest BCUT2D eigenvalue weighted by atomic mass is 10.1. The molecule has 1 aromatic rings. The maximum absolute atomic E-state index is 5.87. The van der Waals surface area contributed by atoms with Crippen molar-refractivity contribution in [1.29, 1.82) is 0 Å². The maximum atomic E-state index is 5.87. The Hall–Kier alpha value is 0.140. The van der Waals surface area contributed by atoms with Crippen molar-refractivity contribution in [3.63, 3.8) is 0 Å². The van der Waals surface area contributed by atoms with Gasteiger partial charge in [0, 0.05) is 15.4 Å². The number of hydrogen-bond acceptors (Lipinski definition) is 2. The second-order valence-electron chi connectivity index (χ2n) is 3.40. The van der Waals surface area contributed by atoms with Crippen LogP contribution in [-0.2, 0) is 0 Å². The van der Waals surface area contributed by atoms with E-state index >= 15 is 0 Å². The van der Waals surface area contributed by atoms with Gasteiger partial charge in [-0.05, 0) is 52.6 Å². The lowest BCUT2D eigenvalue weighted by molar-refractivity contribution is 0.679. The second kappa shape index (κ2) is 3.48. The second-order valence-corrected chi connectivity index (χ2v) is 5.20. The third kappa shape index (κ3) is 1.58. The molecule has 3 heteroatoms. The van der Waals surface area contributed by atoms with Crippen molar-refractivity contribution < 1.29 is 0 Å². The van der Waals surface area contributed by atoms with Crippen LogP contribution in [0.3, 0.4) is 0 Å². The van der Waals surface area contributed by atoms with Gasteiger partial charge in [0.1, 0.15) is 0 Å². The molecule has 12 heavy (non-hydrogen) atoms. The van der Waals surface area contributed by atoms with Crippen molar-refractivity contribution in [2.24, 2.45) is 5.73 Å². The number of nitrogens with two attached hydrogens (primary N) is 1. The van der Waals surface area contributed by atoms with E-state index in [4.69, 9.17) is 5.73 Å². The molecule has 2 unspecified atom stereocenters. The fourth-order valence-corrected chi connectivity index (χ4v) is 3.70. The van der Waals surface area contributed by atoms with Crippen LogP contribution in [-0.4, -0.2) is 6.04 Å². The van der Waals surface area contributed by atoms with Gasteiger partial charge in [-0.1, -0.05) is 0 Å². The van der Waals surface area contributed by atoms with Gasteiger partial charge in [-0.15, -0.1) is 11.3 Å². The van der Waals surface area contributed by atoms with Crippen LogP contribution in [0.1, 0.15) is 30.1 Å². The Morgan fingerprint density at radius 3 is 2.83 bits per heavy atom. The van der Waals surface area contributed by atoms with Crippen molar-refractivity contribution in [1.82, 2.24) is 0 Å². The van der Waals surface area contributed by atoms with Gasteiger partial charge < -0.3 is 5.73 Å². The van der Waals surface area contributed by atoms with E-state index in [-0.39, 0.29) is 0 Å². The van der Waals surface area contributed by atoms with Crippen LogP contribution < -0.4 is 5.73 Å². The zero-order valence-electron chi connectivity index (χ0n) is 6.79. The molecular weight excluding hydrogens is 234 g/mol. The van der Waals surface area contributed by atoms with Crippen molar-refractivity contribution in [2.75, 3.05) is 0 Å². The van der Waals surface area contributed by atoms with Crippen LogP contribution in [0, 0.1) is 0 Å². The Kier molecular flexibility index (Phi) is 2.53. The van der Waals surface area contributed by atoms with E-state index in [1.807, 2.05) is 11.3 Å². The summed E-state index contributed by atoms with van der Waals surface area (Å²) in [6.07, 6.45) is 3.62. The van der Waals surface area contributed by atoms with Crippen molar-refractivity contribution >= 4 is 27.3 Å². The summed E-state index contributed by atoms with van der Waals surface area (Å²) in [6, 6.07) is 2.56. The normalized spacial score (nSPS) is 29.5. The first kappa shape index (κ1) is 8.73. The monoisotopic (exact) mass is 245 g/mol. The fraction of sp³-hybridized carbons (Fsp3) is 0.556. The summed E-state index contributed by atoms with van der Waals surface area (Å²) >= 11 is 5.41. The molecule has 66 valence electrons. The molecule has 1 saturated carbocycles. The quantitative estimate of drug-likeness (QED) is 0.809.